The van der Waals surface area contributed by atoms with Crippen molar-refractivity contribution in [1.29, 1.82) is 0 Å². The topological polar surface area (TPSA) is 38.7 Å². The molecule has 2 heterocycles. The number of aromatic nitrogens is 3. The van der Waals surface area contributed by atoms with E-state index in [1.165, 1.54) is 17.4 Å². The van der Waals surface area contributed by atoms with Crippen LogP contribution in [0.15, 0.2) is 36.4 Å². The Labute approximate surface area is 109 Å². The van der Waals surface area contributed by atoms with Crippen molar-refractivity contribution >= 4 is 21.6 Å². The minimum atomic E-state index is -4.47. The molecule has 2 aromatic heterocycles. The van der Waals surface area contributed by atoms with E-state index in [4.69, 9.17) is 0 Å². The Balaban J connectivity index is 2.02. The lowest BCUT2D eigenvalue weighted by molar-refractivity contribution is -0.141. The summed E-state index contributed by atoms with van der Waals surface area (Å²) in [7, 11) is 0. The van der Waals surface area contributed by atoms with E-state index in [9.17, 15) is 13.2 Å². The predicted molar refractivity (Wildman–Crippen MR) is 65.6 cm³/mol. The van der Waals surface area contributed by atoms with E-state index >= 15 is 0 Å². The quantitative estimate of drug-likeness (QED) is 0.681. The highest BCUT2D eigenvalue weighted by Gasteiger charge is 2.33. The fraction of sp³-hybridized carbons (Fsp3) is 0.0833. The number of rotatable bonds is 1. The van der Waals surface area contributed by atoms with Crippen LogP contribution in [-0.4, -0.2) is 15.2 Å². The maximum atomic E-state index is 12.4. The number of para-hydroxylation sites is 1. The lowest BCUT2D eigenvalue weighted by atomic mass is 10.3. The van der Waals surface area contributed by atoms with Gasteiger partial charge in [-0.15, -0.1) is 21.5 Å². The Morgan fingerprint density at radius 2 is 1.74 bits per heavy atom. The van der Waals surface area contributed by atoms with Crippen LogP contribution in [0.5, 0.6) is 0 Å². The summed E-state index contributed by atoms with van der Waals surface area (Å²) in [6, 6.07) is 9.66. The first-order valence-corrected chi connectivity index (χ1v) is 6.12. The fourth-order valence-electron chi connectivity index (χ4n) is 1.58. The molecule has 0 fully saturated rings. The van der Waals surface area contributed by atoms with Crippen molar-refractivity contribution in [2.24, 2.45) is 0 Å². The van der Waals surface area contributed by atoms with Gasteiger partial charge in [-0.3, -0.25) is 0 Å². The molecule has 0 N–H and O–H groups in total. The lowest BCUT2D eigenvalue weighted by Gasteiger charge is -2.03. The van der Waals surface area contributed by atoms with Gasteiger partial charge >= 0.3 is 6.18 Å². The Hall–Kier alpha value is -2.02. The van der Waals surface area contributed by atoms with Gasteiger partial charge in [-0.05, 0) is 24.3 Å². The van der Waals surface area contributed by atoms with Crippen LogP contribution >= 0.6 is 11.3 Å². The van der Waals surface area contributed by atoms with E-state index in [1.54, 1.807) is 0 Å². The van der Waals surface area contributed by atoms with E-state index in [0.717, 1.165) is 16.3 Å². The number of hydrogen-bond acceptors (Lipinski definition) is 4. The van der Waals surface area contributed by atoms with Gasteiger partial charge in [0.05, 0.1) is 10.2 Å². The zero-order valence-corrected chi connectivity index (χ0v) is 10.2. The number of alkyl halides is 3. The van der Waals surface area contributed by atoms with Crippen molar-refractivity contribution in [3.05, 3.63) is 42.1 Å². The molecule has 96 valence electrons. The molecule has 0 spiro atoms. The lowest BCUT2D eigenvalue weighted by Crippen LogP contribution is -2.08. The second kappa shape index (κ2) is 4.27. The smallest absolute Gasteiger partial charge is 0.234 e. The monoisotopic (exact) mass is 281 g/mol. The molecular formula is C12H6F3N3S. The Morgan fingerprint density at radius 1 is 0.947 bits per heavy atom. The average Bonchev–Trinajstić information content (AvgIpc) is 2.81. The van der Waals surface area contributed by atoms with Crippen LogP contribution in [0.25, 0.3) is 20.9 Å². The third kappa shape index (κ3) is 2.28. The SMILES string of the molecule is FC(F)(F)c1ccc(-c2nc3ccccc3s2)nn1. The first kappa shape index (κ1) is 12.0. The molecular weight excluding hydrogens is 275 g/mol. The highest BCUT2D eigenvalue weighted by atomic mass is 32.1. The molecule has 0 aliphatic rings. The molecule has 0 saturated heterocycles. The first-order chi connectivity index (χ1) is 9.04. The second-order valence-electron chi connectivity index (χ2n) is 3.79. The van der Waals surface area contributed by atoms with Crippen LogP contribution < -0.4 is 0 Å². The number of hydrogen-bond donors (Lipinski definition) is 0. The summed E-state index contributed by atoms with van der Waals surface area (Å²) in [5.41, 5.74) is 0.135. The van der Waals surface area contributed by atoms with E-state index in [-0.39, 0.29) is 0 Å². The van der Waals surface area contributed by atoms with Crippen molar-refractivity contribution in [3.8, 4) is 10.7 Å². The van der Waals surface area contributed by atoms with Crippen LogP contribution in [0.2, 0.25) is 0 Å². The molecule has 0 saturated carbocycles. The minimum absolute atomic E-state index is 0.342. The fourth-order valence-corrected chi connectivity index (χ4v) is 2.51. The average molecular weight is 281 g/mol. The Kier molecular flexibility index (Phi) is 2.70. The summed E-state index contributed by atoms with van der Waals surface area (Å²) in [6.45, 7) is 0. The Morgan fingerprint density at radius 3 is 2.37 bits per heavy atom. The summed E-state index contributed by atoms with van der Waals surface area (Å²) in [5, 5.41) is 7.33. The highest BCUT2D eigenvalue weighted by Crippen LogP contribution is 2.31. The molecule has 0 unspecified atom stereocenters. The third-order valence-corrected chi connectivity index (χ3v) is 3.53. The first-order valence-electron chi connectivity index (χ1n) is 5.31. The van der Waals surface area contributed by atoms with Crippen LogP contribution in [-0.2, 0) is 6.18 Å². The number of nitrogens with zero attached hydrogens (tertiary/aromatic N) is 3. The molecule has 0 atom stereocenters. The Bertz CT molecular complexity index is 686. The zero-order valence-electron chi connectivity index (χ0n) is 9.35. The molecule has 19 heavy (non-hydrogen) atoms. The van der Waals surface area contributed by atoms with Gasteiger partial charge in [0.1, 0.15) is 10.7 Å². The molecule has 3 rings (SSSR count). The summed E-state index contributed by atoms with van der Waals surface area (Å²) in [4.78, 5) is 4.31. The highest BCUT2D eigenvalue weighted by molar-refractivity contribution is 7.21. The molecule has 0 amide bonds. The van der Waals surface area contributed by atoms with Crippen LogP contribution in [0.4, 0.5) is 13.2 Å². The third-order valence-electron chi connectivity index (χ3n) is 2.47. The minimum Gasteiger partial charge on any atom is -0.234 e. The zero-order chi connectivity index (χ0) is 13.5. The van der Waals surface area contributed by atoms with Gasteiger partial charge in [0.25, 0.3) is 0 Å². The summed E-state index contributed by atoms with van der Waals surface area (Å²) >= 11 is 1.37. The molecule has 1 aromatic carbocycles. The largest absolute Gasteiger partial charge is 0.435 e. The summed E-state index contributed by atoms with van der Waals surface area (Å²) < 4.78 is 38.1. The number of fused-ring (bicyclic) bond motifs is 1. The van der Waals surface area contributed by atoms with Gasteiger partial charge in [-0.25, -0.2) is 4.98 Å². The molecule has 3 nitrogen and oxygen atoms in total. The van der Waals surface area contributed by atoms with Gasteiger partial charge in [0, 0.05) is 0 Å². The standard InChI is InChI=1S/C12H6F3N3S/c13-12(14,15)10-6-5-8(17-18-10)11-16-7-3-1-2-4-9(7)19-11/h1-6H. The number of halogens is 3. The molecule has 0 radical (unpaired) electrons. The molecule has 0 bridgehead atoms. The predicted octanol–water partition coefficient (Wildman–Crippen LogP) is 3.77. The van der Waals surface area contributed by atoms with E-state index < -0.39 is 11.9 Å². The maximum absolute atomic E-state index is 12.4. The molecule has 3 aromatic rings. The second-order valence-corrected chi connectivity index (χ2v) is 4.82. The summed E-state index contributed by atoms with van der Waals surface area (Å²) in [5.74, 6) is 0. The van der Waals surface area contributed by atoms with Crippen molar-refractivity contribution < 1.29 is 13.2 Å². The van der Waals surface area contributed by atoms with Gasteiger partial charge in [0.2, 0.25) is 0 Å². The summed E-state index contributed by atoms with van der Waals surface area (Å²) in [6.07, 6.45) is -4.47. The van der Waals surface area contributed by atoms with Crippen molar-refractivity contribution in [2.75, 3.05) is 0 Å². The molecule has 0 aliphatic heterocycles. The normalized spacial score (nSPS) is 11.9. The van der Waals surface area contributed by atoms with Gasteiger partial charge in [-0.2, -0.15) is 13.2 Å². The van der Waals surface area contributed by atoms with E-state index in [1.807, 2.05) is 24.3 Å². The van der Waals surface area contributed by atoms with Crippen LogP contribution in [0.1, 0.15) is 5.69 Å². The van der Waals surface area contributed by atoms with E-state index in [0.29, 0.717) is 10.7 Å². The van der Waals surface area contributed by atoms with Gasteiger partial charge in [0.15, 0.2) is 5.69 Å². The number of benzene rings is 1. The van der Waals surface area contributed by atoms with Gasteiger partial charge in [-0.1, -0.05) is 12.1 Å². The van der Waals surface area contributed by atoms with Crippen molar-refractivity contribution in [1.82, 2.24) is 15.2 Å². The molecule has 7 heteroatoms. The van der Waals surface area contributed by atoms with Crippen LogP contribution in [0, 0.1) is 0 Å². The number of thiazole rings is 1. The molecule has 0 aliphatic carbocycles. The van der Waals surface area contributed by atoms with Crippen LogP contribution in [0.3, 0.4) is 0 Å². The van der Waals surface area contributed by atoms with Crippen molar-refractivity contribution in [3.63, 3.8) is 0 Å². The maximum Gasteiger partial charge on any atom is 0.435 e. The van der Waals surface area contributed by atoms with Crippen molar-refractivity contribution in [2.45, 2.75) is 6.18 Å². The van der Waals surface area contributed by atoms with Gasteiger partial charge < -0.3 is 0 Å². The van der Waals surface area contributed by atoms with E-state index in [2.05, 4.69) is 15.2 Å².